The van der Waals surface area contributed by atoms with Gasteiger partial charge in [0, 0.05) is 55.2 Å². The van der Waals surface area contributed by atoms with E-state index in [2.05, 4.69) is 44.4 Å². The minimum atomic E-state index is -0.191. The van der Waals surface area contributed by atoms with Crippen LogP contribution < -0.4 is 15.0 Å². The SMILES string of the molecule is OC1CCC(Oc2cccc3cnc(Nc4ccc(N5CCN(C6CC6)CC5)cc4)nc23)CC1. The van der Waals surface area contributed by atoms with Gasteiger partial charge in [-0.15, -0.1) is 0 Å². The van der Waals surface area contributed by atoms with Gasteiger partial charge in [0.05, 0.1) is 12.2 Å². The van der Waals surface area contributed by atoms with Crippen molar-refractivity contribution in [1.29, 1.82) is 0 Å². The van der Waals surface area contributed by atoms with E-state index in [1.165, 1.54) is 31.6 Å². The first kappa shape index (κ1) is 21.6. The standard InChI is InChI=1S/C27H33N5O2/c33-23-10-12-24(13-11-23)34-25-3-1-2-19-18-28-27(30-26(19)25)29-20-4-6-21(7-5-20)31-14-16-32(17-15-31)22-8-9-22/h1-7,18,22-24,33H,8-17H2,(H,28,29,30). The molecule has 0 atom stereocenters. The molecule has 0 radical (unpaired) electrons. The minimum absolute atomic E-state index is 0.124. The Morgan fingerprint density at radius 1 is 0.882 bits per heavy atom. The molecule has 3 aliphatic rings. The molecule has 7 heteroatoms. The zero-order chi connectivity index (χ0) is 22.9. The quantitative estimate of drug-likeness (QED) is 0.568. The zero-order valence-corrected chi connectivity index (χ0v) is 19.6. The normalized spacial score (nSPS) is 23.7. The first-order valence-electron chi connectivity index (χ1n) is 12.7. The van der Waals surface area contributed by atoms with E-state index < -0.39 is 0 Å². The summed E-state index contributed by atoms with van der Waals surface area (Å²) in [5.41, 5.74) is 3.06. The topological polar surface area (TPSA) is 73.8 Å². The molecule has 3 fully saturated rings. The molecule has 178 valence electrons. The Bertz CT molecular complexity index is 1120. The third-order valence-corrected chi connectivity index (χ3v) is 7.38. The van der Waals surface area contributed by atoms with Crippen LogP contribution in [0.1, 0.15) is 38.5 Å². The van der Waals surface area contributed by atoms with Crippen LogP contribution >= 0.6 is 0 Å². The summed E-state index contributed by atoms with van der Waals surface area (Å²) >= 11 is 0. The van der Waals surface area contributed by atoms with E-state index in [4.69, 9.17) is 9.72 Å². The lowest BCUT2D eigenvalue weighted by Crippen LogP contribution is -2.47. The predicted molar refractivity (Wildman–Crippen MR) is 135 cm³/mol. The van der Waals surface area contributed by atoms with Crippen molar-refractivity contribution in [1.82, 2.24) is 14.9 Å². The number of hydrogen-bond acceptors (Lipinski definition) is 7. The van der Waals surface area contributed by atoms with Gasteiger partial charge in [0.2, 0.25) is 5.95 Å². The van der Waals surface area contributed by atoms with Gasteiger partial charge in [-0.3, -0.25) is 4.90 Å². The Hall–Kier alpha value is -2.90. The summed E-state index contributed by atoms with van der Waals surface area (Å²) in [6, 6.07) is 15.4. The van der Waals surface area contributed by atoms with Crippen molar-refractivity contribution in [3.05, 3.63) is 48.7 Å². The number of rotatable bonds is 6. The fourth-order valence-corrected chi connectivity index (χ4v) is 5.20. The highest BCUT2D eigenvalue weighted by Gasteiger charge is 2.31. The van der Waals surface area contributed by atoms with Crippen molar-refractivity contribution in [3.63, 3.8) is 0 Å². The number of benzene rings is 2. The number of nitrogens with one attached hydrogen (secondary N) is 1. The van der Waals surface area contributed by atoms with Crippen molar-refractivity contribution in [3.8, 4) is 5.75 Å². The third kappa shape index (κ3) is 4.81. The molecular weight excluding hydrogens is 426 g/mol. The average Bonchev–Trinajstić information content (AvgIpc) is 3.72. The maximum absolute atomic E-state index is 9.78. The van der Waals surface area contributed by atoms with Gasteiger partial charge in [-0.25, -0.2) is 9.97 Å². The molecule has 2 aliphatic carbocycles. The van der Waals surface area contributed by atoms with Gasteiger partial charge in [-0.05, 0) is 68.9 Å². The fraction of sp³-hybridized carbons (Fsp3) is 0.481. The number of para-hydroxylation sites is 1. The predicted octanol–water partition coefficient (Wildman–Crippen LogP) is 4.34. The van der Waals surface area contributed by atoms with Crippen LogP contribution in [0.15, 0.2) is 48.7 Å². The fourth-order valence-electron chi connectivity index (χ4n) is 5.20. The molecule has 3 aromatic rings. The first-order chi connectivity index (χ1) is 16.7. The molecule has 2 aromatic carbocycles. The number of ether oxygens (including phenoxy) is 1. The molecule has 0 unspecified atom stereocenters. The second-order valence-electron chi connectivity index (χ2n) is 9.86. The van der Waals surface area contributed by atoms with Crippen molar-refractivity contribution in [2.45, 2.75) is 56.8 Å². The van der Waals surface area contributed by atoms with E-state index in [9.17, 15) is 5.11 Å². The maximum atomic E-state index is 9.78. The highest BCUT2D eigenvalue weighted by atomic mass is 16.5. The van der Waals surface area contributed by atoms with Crippen LogP contribution in [0.4, 0.5) is 17.3 Å². The van der Waals surface area contributed by atoms with Crippen LogP contribution in [0, 0.1) is 0 Å². The summed E-state index contributed by atoms with van der Waals surface area (Å²) in [5, 5.41) is 14.1. The summed E-state index contributed by atoms with van der Waals surface area (Å²) < 4.78 is 6.29. The van der Waals surface area contributed by atoms with Gasteiger partial charge < -0.3 is 20.1 Å². The highest BCUT2D eigenvalue weighted by molar-refractivity contribution is 5.85. The van der Waals surface area contributed by atoms with Crippen molar-refractivity contribution in [2.24, 2.45) is 0 Å². The number of anilines is 3. The van der Waals surface area contributed by atoms with Gasteiger partial charge in [-0.2, -0.15) is 0 Å². The van der Waals surface area contributed by atoms with E-state index in [0.29, 0.717) is 5.95 Å². The van der Waals surface area contributed by atoms with Crippen LogP contribution in [-0.4, -0.2) is 64.4 Å². The molecule has 7 nitrogen and oxygen atoms in total. The van der Waals surface area contributed by atoms with Crippen LogP contribution in [0.5, 0.6) is 5.75 Å². The van der Waals surface area contributed by atoms with Gasteiger partial charge in [0.1, 0.15) is 11.3 Å². The Morgan fingerprint density at radius 2 is 1.65 bits per heavy atom. The molecule has 0 spiro atoms. The Balaban J connectivity index is 1.13. The second kappa shape index (κ2) is 9.39. The van der Waals surface area contributed by atoms with E-state index >= 15 is 0 Å². The van der Waals surface area contributed by atoms with Crippen LogP contribution in [0.2, 0.25) is 0 Å². The van der Waals surface area contributed by atoms with Gasteiger partial charge in [0.25, 0.3) is 0 Å². The average molecular weight is 460 g/mol. The van der Waals surface area contributed by atoms with Gasteiger partial charge >= 0.3 is 0 Å². The molecule has 1 aliphatic heterocycles. The van der Waals surface area contributed by atoms with Crippen molar-refractivity contribution >= 4 is 28.2 Å². The van der Waals surface area contributed by atoms with E-state index in [-0.39, 0.29) is 12.2 Å². The Labute approximate surface area is 200 Å². The van der Waals surface area contributed by atoms with E-state index in [1.54, 1.807) is 0 Å². The monoisotopic (exact) mass is 459 g/mol. The van der Waals surface area contributed by atoms with E-state index in [1.807, 2.05) is 24.4 Å². The summed E-state index contributed by atoms with van der Waals surface area (Å²) in [7, 11) is 0. The molecule has 0 amide bonds. The molecular formula is C27H33N5O2. The number of aliphatic hydroxyl groups excluding tert-OH is 1. The molecule has 2 N–H and O–H groups in total. The Morgan fingerprint density at radius 3 is 2.38 bits per heavy atom. The number of nitrogens with zero attached hydrogens (tertiary/aromatic N) is 4. The second-order valence-corrected chi connectivity index (χ2v) is 9.86. The minimum Gasteiger partial charge on any atom is -0.488 e. The van der Waals surface area contributed by atoms with Crippen LogP contribution in [-0.2, 0) is 0 Å². The maximum Gasteiger partial charge on any atom is 0.227 e. The lowest BCUT2D eigenvalue weighted by atomic mass is 9.95. The van der Waals surface area contributed by atoms with Gasteiger partial charge in [0.15, 0.2) is 0 Å². The lowest BCUT2D eigenvalue weighted by Gasteiger charge is -2.36. The molecule has 0 bridgehead atoms. The molecule has 34 heavy (non-hydrogen) atoms. The molecule has 1 saturated heterocycles. The molecule has 2 heterocycles. The number of hydrogen-bond donors (Lipinski definition) is 2. The third-order valence-electron chi connectivity index (χ3n) is 7.38. The number of aliphatic hydroxyl groups is 1. The van der Waals surface area contributed by atoms with Crippen molar-refractivity contribution in [2.75, 3.05) is 36.4 Å². The van der Waals surface area contributed by atoms with Crippen LogP contribution in [0.25, 0.3) is 10.9 Å². The summed E-state index contributed by atoms with van der Waals surface area (Å²) in [4.78, 5) is 14.4. The van der Waals surface area contributed by atoms with Crippen LogP contribution in [0.3, 0.4) is 0 Å². The number of aromatic nitrogens is 2. The zero-order valence-electron chi connectivity index (χ0n) is 19.6. The summed E-state index contributed by atoms with van der Waals surface area (Å²) in [6.45, 7) is 4.53. The smallest absolute Gasteiger partial charge is 0.227 e. The Kier molecular flexibility index (Phi) is 5.97. The highest BCUT2D eigenvalue weighted by Crippen LogP contribution is 2.31. The van der Waals surface area contributed by atoms with E-state index in [0.717, 1.165) is 67.2 Å². The molecule has 2 saturated carbocycles. The summed E-state index contributed by atoms with van der Waals surface area (Å²) in [5.74, 6) is 1.35. The molecule has 1 aromatic heterocycles. The summed E-state index contributed by atoms with van der Waals surface area (Å²) in [6.07, 6.45) is 7.88. The molecule has 6 rings (SSSR count). The number of fused-ring (bicyclic) bond motifs is 1. The van der Waals surface area contributed by atoms with Crippen molar-refractivity contribution < 1.29 is 9.84 Å². The first-order valence-corrected chi connectivity index (χ1v) is 12.7. The lowest BCUT2D eigenvalue weighted by molar-refractivity contribution is 0.0672. The van der Waals surface area contributed by atoms with Gasteiger partial charge in [-0.1, -0.05) is 12.1 Å². The number of piperazine rings is 1. The largest absolute Gasteiger partial charge is 0.488 e.